The Kier molecular flexibility index (Phi) is 7.91. The first-order valence-corrected chi connectivity index (χ1v) is 10.1. The second-order valence-electron chi connectivity index (χ2n) is 7.04. The van der Waals surface area contributed by atoms with Gasteiger partial charge in [0, 0.05) is 27.3 Å². The lowest BCUT2D eigenvalue weighted by atomic mass is 10.0. The van der Waals surface area contributed by atoms with E-state index in [-0.39, 0.29) is 12.1 Å². The van der Waals surface area contributed by atoms with E-state index >= 15 is 0 Å². The van der Waals surface area contributed by atoms with Crippen molar-refractivity contribution in [2.24, 2.45) is 0 Å². The van der Waals surface area contributed by atoms with Crippen LogP contribution in [0, 0.1) is 0 Å². The van der Waals surface area contributed by atoms with Crippen LogP contribution >= 0.6 is 0 Å². The number of hydrogen-bond donors (Lipinski definition) is 0. The molecule has 1 aliphatic heterocycles. The Hall–Kier alpha value is -3.30. The number of amides is 2. The fourth-order valence-electron chi connectivity index (χ4n) is 3.55. The first-order chi connectivity index (χ1) is 15.5. The number of carbonyl (C=O) groups excluding carboxylic acids is 2. The van der Waals surface area contributed by atoms with Crippen LogP contribution in [0.25, 0.3) is 5.57 Å². The van der Waals surface area contributed by atoms with E-state index in [0.29, 0.717) is 54.8 Å². The van der Waals surface area contributed by atoms with Crippen LogP contribution in [-0.4, -0.2) is 76.4 Å². The number of benzene rings is 1. The average Bonchev–Trinajstić information content (AvgIpc) is 3.41. The lowest BCUT2D eigenvalue weighted by Crippen LogP contribution is -2.37. The summed E-state index contributed by atoms with van der Waals surface area (Å²) in [7, 11) is 6.23. The summed E-state index contributed by atoms with van der Waals surface area (Å²) in [6.45, 7) is 1.63. The summed E-state index contributed by atoms with van der Waals surface area (Å²) in [5.41, 5.74) is 1.13. The summed E-state index contributed by atoms with van der Waals surface area (Å²) >= 11 is 0. The topological polar surface area (TPSA) is 90.7 Å². The highest BCUT2D eigenvalue weighted by molar-refractivity contribution is 6.35. The van der Waals surface area contributed by atoms with Gasteiger partial charge in [-0.05, 0) is 29.8 Å². The molecule has 0 unspecified atom stereocenters. The van der Waals surface area contributed by atoms with E-state index in [1.54, 1.807) is 44.6 Å². The quantitative estimate of drug-likeness (QED) is 0.460. The molecule has 0 N–H and O–H groups in total. The largest absolute Gasteiger partial charge is 0.493 e. The molecule has 0 aliphatic carbocycles. The molecule has 0 saturated heterocycles. The van der Waals surface area contributed by atoms with Gasteiger partial charge in [-0.3, -0.25) is 14.5 Å². The van der Waals surface area contributed by atoms with Gasteiger partial charge in [-0.25, -0.2) is 0 Å². The van der Waals surface area contributed by atoms with Gasteiger partial charge in [-0.2, -0.15) is 0 Å². The van der Waals surface area contributed by atoms with Crippen LogP contribution in [0.2, 0.25) is 0 Å². The molecular weight excluding hydrogens is 416 g/mol. The first-order valence-electron chi connectivity index (χ1n) is 10.1. The third-order valence-electron chi connectivity index (χ3n) is 5.16. The van der Waals surface area contributed by atoms with Gasteiger partial charge in [0.1, 0.15) is 11.5 Å². The molecule has 3 rings (SSSR count). The van der Waals surface area contributed by atoms with E-state index in [1.807, 2.05) is 4.90 Å². The predicted molar refractivity (Wildman–Crippen MR) is 116 cm³/mol. The van der Waals surface area contributed by atoms with Crippen molar-refractivity contribution < 1.29 is 33.0 Å². The summed E-state index contributed by atoms with van der Waals surface area (Å²) in [4.78, 5) is 30.0. The molecule has 2 amide bonds. The maximum Gasteiger partial charge on any atom is 0.278 e. The Labute approximate surface area is 187 Å². The number of carbonyl (C=O) groups is 2. The third kappa shape index (κ3) is 4.79. The van der Waals surface area contributed by atoms with Gasteiger partial charge >= 0.3 is 0 Å². The van der Waals surface area contributed by atoms with Crippen molar-refractivity contribution in [2.45, 2.75) is 6.54 Å². The number of imide groups is 1. The molecule has 172 valence electrons. The van der Waals surface area contributed by atoms with Crippen LogP contribution in [0.15, 0.2) is 46.7 Å². The van der Waals surface area contributed by atoms with E-state index in [9.17, 15) is 9.59 Å². The van der Waals surface area contributed by atoms with E-state index in [1.165, 1.54) is 25.4 Å². The van der Waals surface area contributed by atoms with Gasteiger partial charge in [-0.1, -0.05) is 6.07 Å². The Morgan fingerprint density at radius 1 is 0.906 bits per heavy atom. The molecule has 9 heteroatoms. The molecule has 0 bridgehead atoms. The highest BCUT2D eigenvalue weighted by atomic mass is 16.5. The Bertz CT molecular complexity index is 961. The van der Waals surface area contributed by atoms with Crippen LogP contribution in [0.3, 0.4) is 0 Å². The first kappa shape index (κ1) is 23.4. The van der Waals surface area contributed by atoms with Crippen LogP contribution in [0.4, 0.5) is 0 Å². The lowest BCUT2D eigenvalue weighted by Gasteiger charge is -2.25. The second kappa shape index (κ2) is 10.8. The van der Waals surface area contributed by atoms with Crippen molar-refractivity contribution in [3.63, 3.8) is 0 Å². The van der Waals surface area contributed by atoms with Crippen molar-refractivity contribution in [1.82, 2.24) is 9.80 Å². The highest BCUT2D eigenvalue weighted by Gasteiger charge is 2.42. The Balaban J connectivity index is 2.09. The van der Waals surface area contributed by atoms with Crippen LogP contribution in [-0.2, 0) is 25.6 Å². The molecule has 0 spiro atoms. The molecule has 2 heterocycles. The second-order valence-corrected chi connectivity index (χ2v) is 7.04. The Morgan fingerprint density at radius 2 is 1.59 bits per heavy atom. The molecule has 0 atom stereocenters. The number of hydrogen-bond acceptors (Lipinski definition) is 8. The molecule has 0 saturated carbocycles. The van der Waals surface area contributed by atoms with E-state index in [4.69, 9.17) is 23.4 Å². The molecule has 1 aliphatic rings. The maximum atomic E-state index is 13.5. The summed E-state index contributed by atoms with van der Waals surface area (Å²) in [6.07, 6.45) is 1.51. The van der Waals surface area contributed by atoms with Gasteiger partial charge in [0.25, 0.3) is 11.8 Å². The fraction of sp³-hybridized carbons (Fsp3) is 0.391. The zero-order valence-corrected chi connectivity index (χ0v) is 18.8. The van der Waals surface area contributed by atoms with E-state index < -0.39 is 11.8 Å². The minimum Gasteiger partial charge on any atom is -0.493 e. The number of nitrogens with zero attached hydrogens (tertiary/aromatic N) is 2. The van der Waals surface area contributed by atoms with Crippen LogP contribution < -0.4 is 9.47 Å². The average molecular weight is 444 g/mol. The maximum absolute atomic E-state index is 13.5. The van der Waals surface area contributed by atoms with Crippen molar-refractivity contribution >= 4 is 17.4 Å². The summed E-state index contributed by atoms with van der Waals surface area (Å²) in [5.74, 6) is 0.692. The highest BCUT2D eigenvalue weighted by Crippen LogP contribution is 2.36. The summed E-state index contributed by atoms with van der Waals surface area (Å²) in [6, 6.07) is 8.58. The zero-order valence-electron chi connectivity index (χ0n) is 18.8. The summed E-state index contributed by atoms with van der Waals surface area (Å²) < 4.78 is 26.5. The van der Waals surface area contributed by atoms with Crippen molar-refractivity contribution in [1.29, 1.82) is 0 Å². The molecule has 0 radical (unpaired) electrons. The molecule has 9 nitrogen and oxygen atoms in total. The van der Waals surface area contributed by atoms with Gasteiger partial charge in [0.05, 0.1) is 45.8 Å². The van der Waals surface area contributed by atoms with Gasteiger partial charge in [0.2, 0.25) is 0 Å². The standard InChI is InChI=1S/C23H28N2O7/c1-28-12-9-24(10-13-29-2)21-20(16-7-8-18(30-3)19(14-16)31-4)22(26)25(23(21)27)15-17-6-5-11-32-17/h5-8,11,14H,9-10,12-13,15H2,1-4H3. The molecule has 2 aromatic rings. The Morgan fingerprint density at radius 3 is 2.16 bits per heavy atom. The van der Waals surface area contributed by atoms with Crippen molar-refractivity contribution in [2.75, 3.05) is 54.7 Å². The number of methoxy groups -OCH3 is 4. The van der Waals surface area contributed by atoms with Gasteiger partial charge < -0.3 is 28.3 Å². The monoisotopic (exact) mass is 444 g/mol. The van der Waals surface area contributed by atoms with Gasteiger partial charge in [-0.15, -0.1) is 0 Å². The number of furan rings is 1. The minimum absolute atomic E-state index is 0.0351. The smallest absolute Gasteiger partial charge is 0.278 e. The van der Waals surface area contributed by atoms with Crippen LogP contribution in [0.1, 0.15) is 11.3 Å². The molecule has 1 aromatic carbocycles. The van der Waals surface area contributed by atoms with Crippen molar-refractivity contribution in [3.05, 3.63) is 53.6 Å². The molecule has 1 aromatic heterocycles. The lowest BCUT2D eigenvalue weighted by molar-refractivity contribution is -0.138. The fourth-order valence-corrected chi connectivity index (χ4v) is 3.55. The molecular formula is C23H28N2O7. The normalized spacial score (nSPS) is 13.8. The number of ether oxygens (including phenoxy) is 4. The summed E-state index contributed by atoms with van der Waals surface area (Å²) in [5, 5.41) is 0. The minimum atomic E-state index is -0.409. The van der Waals surface area contributed by atoms with Gasteiger partial charge in [0.15, 0.2) is 11.5 Å². The number of rotatable bonds is 12. The van der Waals surface area contributed by atoms with E-state index in [0.717, 1.165) is 0 Å². The van der Waals surface area contributed by atoms with Crippen LogP contribution in [0.5, 0.6) is 11.5 Å². The molecule has 0 fully saturated rings. The third-order valence-corrected chi connectivity index (χ3v) is 5.16. The SMILES string of the molecule is COCCN(CCOC)C1=C(c2ccc(OC)c(OC)c2)C(=O)N(Cc2ccco2)C1=O. The zero-order chi connectivity index (χ0) is 23.1. The van der Waals surface area contributed by atoms with E-state index in [2.05, 4.69) is 0 Å². The van der Waals surface area contributed by atoms with Crippen molar-refractivity contribution in [3.8, 4) is 11.5 Å². The predicted octanol–water partition coefficient (Wildman–Crippen LogP) is 2.17. The molecule has 32 heavy (non-hydrogen) atoms.